The Morgan fingerprint density at radius 2 is 1.42 bits per heavy atom. The molecule has 0 radical (unpaired) electrons. The van der Waals surface area contributed by atoms with E-state index in [0.29, 0.717) is 45.6 Å². The molecule has 148 valence electrons. The second-order valence-electron chi connectivity index (χ2n) is 8.89. The van der Waals surface area contributed by atoms with Gasteiger partial charge in [-0.2, -0.15) is 0 Å². The summed E-state index contributed by atoms with van der Waals surface area (Å²) in [5, 5.41) is 0. The van der Waals surface area contributed by atoms with Gasteiger partial charge in [-0.25, -0.2) is 0 Å². The van der Waals surface area contributed by atoms with Gasteiger partial charge in [-0.05, 0) is 37.1 Å². The van der Waals surface area contributed by atoms with Crippen molar-refractivity contribution in [2.75, 3.05) is 32.7 Å². The molecule has 5 heteroatoms. The number of rotatable bonds is 6. The first-order valence-corrected chi connectivity index (χ1v) is 10.9. The third-order valence-corrected chi connectivity index (χ3v) is 7.10. The van der Waals surface area contributed by atoms with Crippen molar-refractivity contribution in [3.8, 4) is 0 Å². The maximum atomic E-state index is 12.8. The van der Waals surface area contributed by atoms with E-state index >= 15 is 0 Å². The summed E-state index contributed by atoms with van der Waals surface area (Å²) < 4.78 is 0. The van der Waals surface area contributed by atoms with E-state index in [1.165, 1.54) is 44.9 Å². The first-order valence-electron chi connectivity index (χ1n) is 10.9. The monoisotopic (exact) mass is 363 g/mol. The van der Waals surface area contributed by atoms with Crippen LogP contribution in [0.1, 0.15) is 77.0 Å². The minimum absolute atomic E-state index is 0.0313. The summed E-state index contributed by atoms with van der Waals surface area (Å²) in [6, 6.07) is 0. The van der Waals surface area contributed by atoms with Crippen molar-refractivity contribution in [3.63, 3.8) is 0 Å². The van der Waals surface area contributed by atoms with Crippen LogP contribution in [0, 0.1) is 11.3 Å². The van der Waals surface area contributed by atoms with Gasteiger partial charge in [-0.1, -0.05) is 44.9 Å². The average molecular weight is 364 g/mol. The van der Waals surface area contributed by atoms with Crippen LogP contribution in [0.4, 0.5) is 0 Å². The summed E-state index contributed by atoms with van der Waals surface area (Å²) in [5.41, 5.74) is 6.07. The number of amides is 2. The number of nitrogens with zero attached hydrogens (tertiary/aromatic N) is 2. The van der Waals surface area contributed by atoms with E-state index < -0.39 is 0 Å². The fraction of sp³-hybridized carbons (Fsp3) is 0.905. The van der Waals surface area contributed by atoms with Crippen LogP contribution in [-0.2, 0) is 9.59 Å². The highest BCUT2D eigenvalue weighted by atomic mass is 16.2. The average Bonchev–Trinajstić information content (AvgIpc) is 3.20. The minimum atomic E-state index is 0.0313. The zero-order chi connectivity index (χ0) is 18.4. The molecule has 2 saturated carbocycles. The van der Waals surface area contributed by atoms with E-state index in [0.717, 1.165) is 25.2 Å². The van der Waals surface area contributed by atoms with Gasteiger partial charge in [0.15, 0.2) is 0 Å². The Labute approximate surface area is 158 Å². The van der Waals surface area contributed by atoms with E-state index in [4.69, 9.17) is 5.73 Å². The molecule has 1 aliphatic heterocycles. The van der Waals surface area contributed by atoms with Crippen LogP contribution in [0.2, 0.25) is 0 Å². The Morgan fingerprint density at radius 3 is 2.00 bits per heavy atom. The van der Waals surface area contributed by atoms with Crippen LogP contribution < -0.4 is 5.73 Å². The second-order valence-corrected chi connectivity index (χ2v) is 8.89. The molecule has 0 atom stereocenters. The summed E-state index contributed by atoms with van der Waals surface area (Å²) in [6.45, 7) is 3.40. The molecule has 0 unspecified atom stereocenters. The summed E-state index contributed by atoms with van der Waals surface area (Å²) in [5.74, 6) is 1.30. The molecule has 3 aliphatic rings. The summed E-state index contributed by atoms with van der Waals surface area (Å²) in [7, 11) is 0. The molecule has 0 aromatic carbocycles. The molecular formula is C21H37N3O2. The lowest BCUT2D eigenvalue weighted by Gasteiger charge is -2.40. The van der Waals surface area contributed by atoms with Gasteiger partial charge in [0.2, 0.25) is 11.8 Å². The quantitative estimate of drug-likeness (QED) is 0.789. The molecule has 3 fully saturated rings. The molecule has 0 bridgehead atoms. The van der Waals surface area contributed by atoms with Gasteiger partial charge in [-0.3, -0.25) is 9.59 Å². The number of piperazine rings is 1. The molecule has 2 N–H and O–H groups in total. The first-order chi connectivity index (χ1) is 12.6. The summed E-state index contributed by atoms with van der Waals surface area (Å²) in [6.07, 6.45) is 13.5. The Kier molecular flexibility index (Phi) is 6.96. The maximum Gasteiger partial charge on any atom is 0.223 e. The van der Waals surface area contributed by atoms with Gasteiger partial charge in [-0.15, -0.1) is 0 Å². The van der Waals surface area contributed by atoms with Crippen molar-refractivity contribution < 1.29 is 9.59 Å². The number of carbonyl (C=O) groups excluding carboxylic acids is 2. The van der Waals surface area contributed by atoms with Crippen LogP contribution in [0.5, 0.6) is 0 Å². The predicted molar refractivity (Wildman–Crippen MR) is 104 cm³/mol. The molecule has 0 aromatic rings. The molecule has 1 saturated heterocycles. The van der Waals surface area contributed by atoms with Gasteiger partial charge in [0.05, 0.1) is 0 Å². The highest BCUT2D eigenvalue weighted by Crippen LogP contribution is 2.38. The van der Waals surface area contributed by atoms with Gasteiger partial charge in [0.1, 0.15) is 0 Å². The molecule has 3 rings (SSSR count). The molecular weight excluding hydrogens is 326 g/mol. The number of nitrogens with two attached hydrogens (primary N) is 1. The van der Waals surface area contributed by atoms with Crippen LogP contribution in [0.15, 0.2) is 0 Å². The van der Waals surface area contributed by atoms with E-state index in [9.17, 15) is 9.59 Å². The van der Waals surface area contributed by atoms with Gasteiger partial charge in [0.25, 0.3) is 0 Å². The van der Waals surface area contributed by atoms with E-state index in [2.05, 4.69) is 0 Å². The fourth-order valence-electron chi connectivity index (χ4n) is 5.18. The molecule has 0 aromatic heterocycles. The molecule has 2 amide bonds. The Morgan fingerprint density at radius 1 is 0.846 bits per heavy atom. The minimum Gasteiger partial charge on any atom is -0.339 e. The topological polar surface area (TPSA) is 66.6 Å². The van der Waals surface area contributed by atoms with Gasteiger partial charge < -0.3 is 15.5 Å². The van der Waals surface area contributed by atoms with E-state index in [1.54, 1.807) is 0 Å². The van der Waals surface area contributed by atoms with E-state index in [-0.39, 0.29) is 17.2 Å². The number of hydrogen-bond acceptors (Lipinski definition) is 3. The van der Waals surface area contributed by atoms with Crippen molar-refractivity contribution in [2.24, 2.45) is 17.1 Å². The molecule has 26 heavy (non-hydrogen) atoms. The molecule has 0 spiro atoms. The van der Waals surface area contributed by atoms with Crippen molar-refractivity contribution in [2.45, 2.75) is 77.0 Å². The van der Waals surface area contributed by atoms with Gasteiger partial charge in [0, 0.05) is 39.0 Å². The highest BCUT2D eigenvalue weighted by molar-refractivity contribution is 5.79. The lowest BCUT2D eigenvalue weighted by Crippen LogP contribution is -2.51. The summed E-state index contributed by atoms with van der Waals surface area (Å²) in [4.78, 5) is 29.2. The first kappa shape index (κ1) is 19.7. The van der Waals surface area contributed by atoms with Crippen LogP contribution in [0.3, 0.4) is 0 Å². The Hall–Kier alpha value is -1.10. The standard InChI is InChI=1S/C21H37N3O2/c22-17-21(10-4-1-5-11-21)16-20(26)24-14-12-23(13-15-24)19(25)9-8-18-6-2-3-7-18/h18H,1-17,22H2. The van der Waals surface area contributed by atoms with E-state index in [1.807, 2.05) is 9.80 Å². The Balaban J connectivity index is 1.40. The molecule has 1 heterocycles. The van der Waals surface area contributed by atoms with Crippen LogP contribution in [-0.4, -0.2) is 54.3 Å². The van der Waals surface area contributed by atoms with Crippen molar-refractivity contribution in [1.29, 1.82) is 0 Å². The number of carbonyl (C=O) groups is 2. The van der Waals surface area contributed by atoms with Crippen LogP contribution >= 0.6 is 0 Å². The SMILES string of the molecule is NCC1(CC(=O)N2CCN(C(=O)CCC3CCCC3)CC2)CCCCC1. The van der Waals surface area contributed by atoms with Crippen molar-refractivity contribution >= 4 is 11.8 Å². The second kappa shape index (κ2) is 9.20. The largest absolute Gasteiger partial charge is 0.339 e. The zero-order valence-electron chi connectivity index (χ0n) is 16.4. The normalized spacial score (nSPS) is 24.0. The third kappa shape index (κ3) is 4.99. The smallest absolute Gasteiger partial charge is 0.223 e. The maximum absolute atomic E-state index is 12.8. The van der Waals surface area contributed by atoms with Gasteiger partial charge >= 0.3 is 0 Å². The zero-order valence-corrected chi connectivity index (χ0v) is 16.4. The third-order valence-electron chi connectivity index (χ3n) is 7.10. The number of hydrogen-bond donors (Lipinski definition) is 1. The predicted octanol–water partition coefficient (Wildman–Crippen LogP) is 2.93. The highest BCUT2D eigenvalue weighted by Gasteiger charge is 2.35. The lowest BCUT2D eigenvalue weighted by atomic mass is 9.71. The van der Waals surface area contributed by atoms with Crippen molar-refractivity contribution in [1.82, 2.24) is 9.80 Å². The Bertz CT molecular complexity index is 474. The fourth-order valence-corrected chi connectivity index (χ4v) is 5.18. The van der Waals surface area contributed by atoms with Crippen molar-refractivity contribution in [3.05, 3.63) is 0 Å². The lowest BCUT2D eigenvalue weighted by molar-refractivity contribution is -0.141. The van der Waals surface area contributed by atoms with Crippen LogP contribution in [0.25, 0.3) is 0 Å². The molecule has 5 nitrogen and oxygen atoms in total. The molecule has 2 aliphatic carbocycles. The summed E-state index contributed by atoms with van der Waals surface area (Å²) >= 11 is 0.